The smallest absolute Gasteiger partial charge is 0.203 e. The summed E-state index contributed by atoms with van der Waals surface area (Å²) in [6, 6.07) is 12.8. The van der Waals surface area contributed by atoms with Crippen molar-refractivity contribution in [3.63, 3.8) is 0 Å². The SMILES string of the molecule is COc1cccc(OCCOc2ccccc2N)c1OC. The normalized spacial score (nSPS) is 10.0. The van der Waals surface area contributed by atoms with Crippen LogP contribution in [0.25, 0.3) is 0 Å². The van der Waals surface area contributed by atoms with Crippen molar-refractivity contribution in [2.24, 2.45) is 0 Å². The van der Waals surface area contributed by atoms with E-state index >= 15 is 0 Å². The molecule has 0 bridgehead atoms. The molecule has 2 aromatic rings. The number of benzene rings is 2. The average Bonchev–Trinajstić information content (AvgIpc) is 2.52. The zero-order valence-corrected chi connectivity index (χ0v) is 12.2. The van der Waals surface area contributed by atoms with Crippen LogP contribution in [-0.2, 0) is 0 Å². The summed E-state index contributed by atoms with van der Waals surface area (Å²) >= 11 is 0. The van der Waals surface area contributed by atoms with Crippen LogP contribution in [0.15, 0.2) is 42.5 Å². The second-order valence-electron chi connectivity index (χ2n) is 4.23. The van der Waals surface area contributed by atoms with E-state index in [1.54, 1.807) is 20.3 Å². The lowest BCUT2D eigenvalue weighted by Crippen LogP contribution is -2.10. The van der Waals surface area contributed by atoms with Crippen molar-refractivity contribution in [1.29, 1.82) is 0 Å². The van der Waals surface area contributed by atoms with Gasteiger partial charge >= 0.3 is 0 Å². The number of nitrogen functional groups attached to an aromatic ring is 1. The Bertz CT molecular complexity index is 586. The first-order valence-corrected chi connectivity index (χ1v) is 6.57. The first-order chi connectivity index (χ1) is 10.3. The fraction of sp³-hybridized carbons (Fsp3) is 0.250. The number of ether oxygens (including phenoxy) is 4. The predicted molar refractivity (Wildman–Crippen MR) is 81.4 cm³/mol. The van der Waals surface area contributed by atoms with Gasteiger partial charge in [-0.15, -0.1) is 0 Å². The van der Waals surface area contributed by atoms with Crippen LogP contribution in [0.3, 0.4) is 0 Å². The fourth-order valence-corrected chi connectivity index (χ4v) is 1.89. The quantitative estimate of drug-likeness (QED) is 0.627. The van der Waals surface area contributed by atoms with Gasteiger partial charge in [-0.25, -0.2) is 0 Å². The molecule has 0 aromatic heterocycles. The van der Waals surface area contributed by atoms with Crippen LogP contribution in [0.2, 0.25) is 0 Å². The number of anilines is 1. The lowest BCUT2D eigenvalue weighted by molar-refractivity contribution is 0.210. The molecule has 0 atom stereocenters. The van der Waals surface area contributed by atoms with Gasteiger partial charge in [-0.2, -0.15) is 0 Å². The maximum absolute atomic E-state index is 5.80. The van der Waals surface area contributed by atoms with Crippen LogP contribution in [0.1, 0.15) is 0 Å². The minimum Gasteiger partial charge on any atom is -0.493 e. The van der Waals surface area contributed by atoms with Gasteiger partial charge in [0.05, 0.1) is 19.9 Å². The summed E-state index contributed by atoms with van der Waals surface area (Å²) in [4.78, 5) is 0. The highest BCUT2D eigenvalue weighted by molar-refractivity contribution is 5.52. The summed E-state index contributed by atoms with van der Waals surface area (Å²) in [5.74, 6) is 2.46. The molecule has 2 rings (SSSR count). The van der Waals surface area contributed by atoms with Crippen molar-refractivity contribution >= 4 is 5.69 Å². The lowest BCUT2D eigenvalue weighted by Gasteiger charge is -2.14. The van der Waals surface area contributed by atoms with E-state index in [1.165, 1.54) is 0 Å². The molecule has 2 N–H and O–H groups in total. The third-order valence-electron chi connectivity index (χ3n) is 2.88. The first kappa shape index (κ1) is 14.8. The summed E-state index contributed by atoms with van der Waals surface area (Å²) < 4.78 is 21.7. The molecule has 0 heterocycles. The van der Waals surface area contributed by atoms with Crippen LogP contribution in [0.5, 0.6) is 23.0 Å². The molecule has 0 fully saturated rings. The van der Waals surface area contributed by atoms with E-state index in [0.717, 1.165) is 0 Å². The third-order valence-corrected chi connectivity index (χ3v) is 2.88. The number of nitrogens with two attached hydrogens (primary N) is 1. The standard InChI is InChI=1S/C16H19NO4/c1-18-14-8-5-9-15(16(14)19-2)21-11-10-20-13-7-4-3-6-12(13)17/h3-9H,10-11,17H2,1-2H3. The van der Waals surface area contributed by atoms with Crippen LogP contribution in [0.4, 0.5) is 5.69 Å². The molecule has 5 nitrogen and oxygen atoms in total. The molecular weight excluding hydrogens is 270 g/mol. The van der Waals surface area contributed by atoms with Gasteiger partial charge in [0.1, 0.15) is 19.0 Å². The van der Waals surface area contributed by atoms with Crippen molar-refractivity contribution in [3.05, 3.63) is 42.5 Å². The number of hydrogen-bond donors (Lipinski definition) is 1. The van der Waals surface area contributed by atoms with Gasteiger partial charge < -0.3 is 24.7 Å². The number of rotatable bonds is 7. The Morgan fingerprint density at radius 3 is 2.05 bits per heavy atom. The molecule has 0 aliphatic rings. The van der Waals surface area contributed by atoms with E-state index in [2.05, 4.69) is 0 Å². The predicted octanol–water partition coefficient (Wildman–Crippen LogP) is 2.74. The molecule has 0 saturated carbocycles. The monoisotopic (exact) mass is 289 g/mol. The number of methoxy groups -OCH3 is 2. The second kappa shape index (κ2) is 7.28. The van der Waals surface area contributed by atoms with E-state index in [4.69, 9.17) is 24.7 Å². The Morgan fingerprint density at radius 2 is 1.38 bits per heavy atom. The Hall–Kier alpha value is -2.56. The Morgan fingerprint density at radius 1 is 0.762 bits per heavy atom. The largest absolute Gasteiger partial charge is 0.493 e. The van der Waals surface area contributed by atoms with Gasteiger partial charge in [0.2, 0.25) is 5.75 Å². The highest BCUT2D eigenvalue weighted by atomic mass is 16.5. The van der Waals surface area contributed by atoms with Crippen LogP contribution in [0, 0.1) is 0 Å². The molecule has 112 valence electrons. The maximum Gasteiger partial charge on any atom is 0.203 e. The Labute approximate surface area is 124 Å². The van der Waals surface area contributed by atoms with Crippen molar-refractivity contribution in [3.8, 4) is 23.0 Å². The topological polar surface area (TPSA) is 62.9 Å². The maximum atomic E-state index is 5.80. The zero-order chi connectivity index (χ0) is 15.1. The van der Waals surface area contributed by atoms with E-state index < -0.39 is 0 Å². The van der Waals surface area contributed by atoms with Crippen molar-refractivity contribution in [2.45, 2.75) is 0 Å². The first-order valence-electron chi connectivity index (χ1n) is 6.57. The fourth-order valence-electron chi connectivity index (χ4n) is 1.89. The van der Waals surface area contributed by atoms with Gasteiger partial charge in [0.25, 0.3) is 0 Å². The summed E-state index contributed by atoms with van der Waals surface area (Å²) in [5.41, 5.74) is 6.40. The van der Waals surface area contributed by atoms with E-state index in [9.17, 15) is 0 Å². The van der Waals surface area contributed by atoms with Gasteiger partial charge in [-0.3, -0.25) is 0 Å². The van der Waals surface area contributed by atoms with Gasteiger partial charge in [0.15, 0.2) is 11.5 Å². The Kier molecular flexibility index (Phi) is 5.15. The lowest BCUT2D eigenvalue weighted by atomic mass is 10.3. The minimum atomic E-state index is 0.373. The van der Waals surface area contributed by atoms with Gasteiger partial charge in [-0.05, 0) is 24.3 Å². The molecule has 0 radical (unpaired) electrons. The Balaban J connectivity index is 1.91. The molecule has 2 aromatic carbocycles. The van der Waals surface area contributed by atoms with Gasteiger partial charge in [0, 0.05) is 0 Å². The molecular formula is C16H19NO4. The summed E-state index contributed by atoms with van der Waals surface area (Å²) in [6.45, 7) is 0.756. The average molecular weight is 289 g/mol. The second-order valence-corrected chi connectivity index (χ2v) is 4.23. The number of hydrogen-bond acceptors (Lipinski definition) is 5. The van der Waals surface area contributed by atoms with E-state index in [-0.39, 0.29) is 0 Å². The van der Waals surface area contributed by atoms with Gasteiger partial charge in [-0.1, -0.05) is 18.2 Å². The summed E-state index contributed by atoms with van der Waals surface area (Å²) in [5, 5.41) is 0. The molecule has 0 aliphatic heterocycles. The summed E-state index contributed by atoms with van der Waals surface area (Å²) in [6.07, 6.45) is 0. The third kappa shape index (κ3) is 3.72. The molecule has 0 amide bonds. The van der Waals surface area contributed by atoms with Crippen molar-refractivity contribution in [2.75, 3.05) is 33.2 Å². The van der Waals surface area contributed by atoms with Crippen molar-refractivity contribution in [1.82, 2.24) is 0 Å². The molecule has 0 aliphatic carbocycles. The van der Waals surface area contributed by atoms with E-state index in [1.807, 2.05) is 36.4 Å². The van der Waals surface area contributed by atoms with E-state index in [0.29, 0.717) is 41.9 Å². The highest BCUT2D eigenvalue weighted by Gasteiger charge is 2.10. The van der Waals surface area contributed by atoms with Crippen LogP contribution < -0.4 is 24.7 Å². The van der Waals surface area contributed by atoms with Crippen molar-refractivity contribution < 1.29 is 18.9 Å². The highest BCUT2D eigenvalue weighted by Crippen LogP contribution is 2.36. The molecule has 0 saturated heterocycles. The zero-order valence-electron chi connectivity index (χ0n) is 12.2. The molecule has 0 unspecified atom stereocenters. The van der Waals surface area contributed by atoms with Crippen LogP contribution >= 0.6 is 0 Å². The minimum absolute atomic E-state index is 0.373. The van der Waals surface area contributed by atoms with Crippen LogP contribution in [-0.4, -0.2) is 27.4 Å². The number of para-hydroxylation sites is 3. The molecule has 5 heteroatoms. The summed E-state index contributed by atoms with van der Waals surface area (Å²) in [7, 11) is 3.16. The molecule has 21 heavy (non-hydrogen) atoms. The molecule has 0 spiro atoms.